The molecule has 1 aromatic carbocycles. The van der Waals surface area contributed by atoms with Crippen LogP contribution in [-0.4, -0.2) is 23.6 Å². The number of carbonyl (C=O) groups excluding carboxylic acids is 2. The van der Waals surface area contributed by atoms with Crippen molar-refractivity contribution in [2.75, 3.05) is 6.54 Å². The van der Waals surface area contributed by atoms with Crippen LogP contribution in [0, 0.1) is 5.92 Å². The van der Waals surface area contributed by atoms with Crippen LogP contribution in [0.4, 0.5) is 0 Å². The van der Waals surface area contributed by atoms with Crippen molar-refractivity contribution in [3.05, 3.63) is 41.0 Å². The van der Waals surface area contributed by atoms with Gasteiger partial charge in [0.05, 0.1) is 11.0 Å². The maximum absolute atomic E-state index is 12.6. The van der Waals surface area contributed by atoms with Crippen LogP contribution in [-0.2, 0) is 4.79 Å². The largest absolute Gasteiger partial charge is 0.352 e. The maximum Gasteiger partial charge on any atom is 0.255 e. The summed E-state index contributed by atoms with van der Waals surface area (Å²) in [6.45, 7) is 6.49. The molecule has 0 radical (unpaired) electrons. The third-order valence-corrected chi connectivity index (χ3v) is 4.69. The second-order valence-corrected chi connectivity index (χ2v) is 6.16. The highest BCUT2D eigenvalue weighted by Gasteiger charge is 2.37. The van der Waals surface area contributed by atoms with Gasteiger partial charge in [0, 0.05) is 12.1 Å². The van der Waals surface area contributed by atoms with E-state index in [9.17, 15) is 9.59 Å². The highest BCUT2D eigenvalue weighted by Crippen LogP contribution is 2.40. The first kappa shape index (κ1) is 16.8. The fraction of sp³-hybridized carbons (Fsp3) is 0.444. The first-order valence-corrected chi connectivity index (χ1v) is 8.27. The van der Waals surface area contributed by atoms with Crippen molar-refractivity contribution in [2.24, 2.45) is 5.92 Å². The third-order valence-electron chi connectivity index (χ3n) is 4.04. The second-order valence-electron chi connectivity index (χ2n) is 5.69. The number of rotatable bonds is 6. The van der Waals surface area contributed by atoms with Gasteiger partial charge >= 0.3 is 0 Å². The third kappa shape index (κ3) is 2.95. The van der Waals surface area contributed by atoms with Crippen LogP contribution in [0.25, 0.3) is 5.57 Å². The van der Waals surface area contributed by atoms with E-state index in [1.807, 2.05) is 25.1 Å². The lowest BCUT2D eigenvalue weighted by Gasteiger charge is -2.20. The number of amides is 1. The normalized spacial score (nSPS) is 16.5. The molecule has 22 heavy (non-hydrogen) atoms. The summed E-state index contributed by atoms with van der Waals surface area (Å²) in [6.07, 6.45) is 1.97. The van der Waals surface area contributed by atoms with E-state index < -0.39 is 0 Å². The van der Waals surface area contributed by atoms with Gasteiger partial charge in [0.1, 0.15) is 0 Å². The van der Waals surface area contributed by atoms with Crippen LogP contribution >= 0.6 is 11.6 Å². The van der Waals surface area contributed by atoms with Crippen molar-refractivity contribution in [3.63, 3.8) is 0 Å². The van der Waals surface area contributed by atoms with E-state index in [0.717, 1.165) is 18.4 Å². The standard InChI is InChI=1S/C18H22ClNO2/c1-4-8-11(3)16(19)14-12-9-6-7-10-13(12)17(21)15(14)18(22)20-5-2/h6-7,9-11,16H,4-5,8H2,1-3H3,(H,20,22). The van der Waals surface area contributed by atoms with E-state index in [4.69, 9.17) is 11.6 Å². The van der Waals surface area contributed by atoms with Crippen LogP contribution in [0.1, 0.15) is 49.5 Å². The van der Waals surface area contributed by atoms with Crippen molar-refractivity contribution in [3.8, 4) is 0 Å². The summed E-state index contributed by atoms with van der Waals surface area (Å²) < 4.78 is 0. The zero-order chi connectivity index (χ0) is 16.3. The predicted molar refractivity (Wildman–Crippen MR) is 90.1 cm³/mol. The zero-order valence-corrected chi connectivity index (χ0v) is 14.0. The number of ketones is 1. The number of likely N-dealkylation sites (N-methyl/N-ethyl adjacent to an activating group) is 1. The Bertz CT molecular complexity index is 621. The molecule has 0 aromatic heterocycles. The SMILES string of the molecule is CCCC(C)C(Cl)C1=C(C(=O)NCC)C(=O)c2ccccc21. The number of alkyl halides is 1. The lowest BCUT2D eigenvalue weighted by Crippen LogP contribution is -2.28. The van der Waals surface area contributed by atoms with Gasteiger partial charge in [-0.1, -0.05) is 44.5 Å². The fourth-order valence-corrected chi connectivity index (χ4v) is 3.31. The maximum atomic E-state index is 12.6. The van der Waals surface area contributed by atoms with Crippen molar-refractivity contribution in [1.29, 1.82) is 0 Å². The van der Waals surface area contributed by atoms with Gasteiger partial charge in [-0.25, -0.2) is 0 Å². The molecule has 0 saturated carbocycles. The molecule has 118 valence electrons. The van der Waals surface area contributed by atoms with E-state index in [2.05, 4.69) is 19.2 Å². The Morgan fingerprint density at radius 1 is 1.23 bits per heavy atom. The molecule has 0 heterocycles. The van der Waals surface area contributed by atoms with Crippen molar-refractivity contribution in [1.82, 2.24) is 5.32 Å². The molecular weight excluding hydrogens is 298 g/mol. The summed E-state index contributed by atoms with van der Waals surface area (Å²) in [5, 5.41) is 2.39. The number of halogens is 1. The second kappa shape index (κ2) is 7.10. The molecular formula is C18H22ClNO2. The summed E-state index contributed by atoms with van der Waals surface area (Å²) in [6, 6.07) is 7.33. The van der Waals surface area contributed by atoms with Crippen molar-refractivity contribution in [2.45, 2.75) is 39.0 Å². The van der Waals surface area contributed by atoms with Crippen molar-refractivity contribution >= 4 is 28.9 Å². The topological polar surface area (TPSA) is 46.2 Å². The molecule has 2 rings (SSSR count). The number of nitrogens with one attached hydrogen (secondary N) is 1. The molecule has 0 spiro atoms. The summed E-state index contributed by atoms with van der Waals surface area (Å²) >= 11 is 6.66. The Hall–Kier alpha value is -1.61. The highest BCUT2D eigenvalue weighted by molar-refractivity contribution is 6.39. The first-order chi connectivity index (χ1) is 10.5. The van der Waals surface area contributed by atoms with Gasteiger partial charge in [-0.05, 0) is 30.4 Å². The Kier molecular flexibility index (Phi) is 5.41. The van der Waals surface area contributed by atoms with Crippen LogP contribution in [0.3, 0.4) is 0 Å². The Morgan fingerprint density at radius 2 is 1.86 bits per heavy atom. The monoisotopic (exact) mass is 319 g/mol. The van der Waals surface area contributed by atoms with Gasteiger partial charge in [0.15, 0.2) is 5.78 Å². The first-order valence-electron chi connectivity index (χ1n) is 7.83. The molecule has 1 aromatic rings. The van der Waals surface area contributed by atoms with Crippen LogP contribution in [0.2, 0.25) is 0 Å². The molecule has 2 unspecified atom stereocenters. The van der Waals surface area contributed by atoms with Crippen LogP contribution in [0.5, 0.6) is 0 Å². The molecule has 0 saturated heterocycles. The number of allylic oxidation sites excluding steroid dienone is 1. The van der Waals surface area contributed by atoms with Crippen LogP contribution < -0.4 is 5.32 Å². The number of hydrogen-bond acceptors (Lipinski definition) is 2. The quantitative estimate of drug-likeness (QED) is 0.640. The van der Waals surface area contributed by atoms with Gasteiger partial charge in [-0.3, -0.25) is 9.59 Å². The number of carbonyl (C=O) groups is 2. The molecule has 0 bridgehead atoms. The van der Waals surface area contributed by atoms with Gasteiger partial charge in [-0.2, -0.15) is 0 Å². The molecule has 1 aliphatic rings. The Balaban J connectivity index is 2.53. The lowest BCUT2D eigenvalue weighted by molar-refractivity contribution is -0.117. The molecule has 3 nitrogen and oxygen atoms in total. The van der Waals surface area contributed by atoms with Crippen LogP contribution in [0.15, 0.2) is 29.8 Å². The minimum Gasteiger partial charge on any atom is -0.352 e. The molecule has 0 aliphatic heterocycles. The molecule has 1 aliphatic carbocycles. The van der Waals surface area contributed by atoms with E-state index >= 15 is 0 Å². The van der Waals surface area contributed by atoms with Gasteiger partial charge in [-0.15, -0.1) is 11.6 Å². The fourth-order valence-electron chi connectivity index (χ4n) is 2.95. The lowest BCUT2D eigenvalue weighted by atomic mass is 9.91. The summed E-state index contributed by atoms with van der Waals surface area (Å²) in [5.74, 6) is -0.344. The number of fused-ring (bicyclic) bond motifs is 1. The molecule has 4 heteroatoms. The summed E-state index contributed by atoms with van der Waals surface area (Å²) in [5.41, 5.74) is 2.28. The molecule has 2 atom stereocenters. The molecule has 0 fully saturated rings. The van der Waals surface area contributed by atoms with Gasteiger partial charge in [0.2, 0.25) is 0 Å². The van der Waals surface area contributed by atoms with Crippen molar-refractivity contribution < 1.29 is 9.59 Å². The summed E-state index contributed by atoms with van der Waals surface area (Å²) in [7, 11) is 0. The predicted octanol–water partition coefficient (Wildman–Crippen LogP) is 3.82. The molecule has 1 N–H and O–H groups in total. The molecule has 1 amide bonds. The van der Waals surface area contributed by atoms with Gasteiger partial charge in [0.25, 0.3) is 5.91 Å². The van der Waals surface area contributed by atoms with E-state index in [1.54, 1.807) is 6.07 Å². The Morgan fingerprint density at radius 3 is 2.45 bits per heavy atom. The average molecular weight is 320 g/mol. The van der Waals surface area contributed by atoms with E-state index in [0.29, 0.717) is 17.7 Å². The van der Waals surface area contributed by atoms with E-state index in [1.165, 1.54) is 0 Å². The number of Topliss-reactive ketones (excluding diaryl/α,β-unsaturated/α-hetero) is 1. The minimum absolute atomic E-state index is 0.199. The van der Waals surface area contributed by atoms with E-state index in [-0.39, 0.29) is 28.6 Å². The number of hydrogen-bond donors (Lipinski definition) is 1. The summed E-state index contributed by atoms with van der Waals surface area (Å²) in [4.78, 5) is 25.0. The number of benzene rings is 1. The highest BCUT2D eigenvalue weighted by atomic mass is 35.5. The van der Waals surface area contributed by atoms with Gasteiger partial charge < -0.3 is 5.32 Å². The average Bonchev–Trinajstić information content (AvgIpc) is 2.80. The smallest absolute Gasteiger partial charge is 0.255 e. The Labute approximate surface area is 136 Å². The zero-order valence-electron chi connectivity index (χ0n) is 13.3. The minimum atomic E-state index is -0.342.